The number of benzene rings is 2. The number of furan rings is 1. The van der Waals surface area contributed by atoms with Gasteiger partial charge in [-0.05, 0) is 48.5 Å². The topological polar surface area (TPSA) is 63.5 Å². The van der Waals surface area contributed by atoms with Crippen LogP contribution in [0.1, 0.15) is 16.1 Å². The first-order chi connectivity index (χ1) is 11.8. The zero-order valence-corrected chi connectivity index (χ0v) is 13.3. The third kappa shape index (κ3) is 3.76. The van der Waals surface area contributed by atoms with Gasteiger partial charge in [0.25, 0.3) is 5.91 Å². The number of amides is 1. The van der Waals surface area contributed by atoms with Crippen molar-refractivity contribution in [3.05, 3.63) is 78.3 Å². The fourth-order valence-corrected chi connectivity index (χ4v) is 2.30. The van der Waals surface area contributed by atoms with E-state index in [1.165, 1.54) is 0 Å². The first-order valence-corrected chi connectivity index (χ1v) is 7.57. The molecule has 0 radical (unpaired) electrons. The van der Waals surface area contributed by atoms with Crippen molar-refractivity contribution in [3.63, 3.8) is 0 Å². The largest absolute Gasteiger partial charge is 0.496 e. The Labute approximate surface area is 140 Å². The summed E-state index contributed by atoms with van der Waals surface area (Å²) in [7, 11) is 1.55. The Kier molecular flexibility index (Phi) is 4.81. The van der Waals surface area contributed by atoms with Crippen molar-refractivity contribution < 1.29 is 13.9 Å². The third-order valence-corrected chi connectivity index (χ3v) is 3.54. The molecule has 0 atom stereocenters. The summed E-state index contributed by atoms with van der Waals surface area (Å²) in [4.78, 5) is 12.3. The Morgan fingerprint density at radius 1 is 1.00 bits per heavy atom. The molecule has 5 nitrogen and oxygen atoms in total. The lowest BCUT2D eigenvalue weighted by atomic mass is 10.2. The molecule has 24 heavy (non-hydrogen) atoms. The second-order valence-electron chi connectivity index (χ2n) is 5.16. The van der Waals surface area contributed by atoms with Gasteiger partial charge in [-0.2, -0.15) is 0 Å². The highest BCUT2D eigenvalue weighted by Gasteiger charge is 2.11. The lowest BCUT2D eigenvalue weighted by Crippen LogP contribution is -2.13. The number of nitrogens with one attached hydrogen (secondary N) is 2. The van der Waals surface area contributed by atoms with Crippen molar-refractivity contribution >= 4 is 17.3 Å². The van der Waals surface area contributed by atoms with Crippen molar-refractivity contribution in [3.8, 4) is 5.75 Å². The summed E-state index contributed by atoms with van der Waals surface area (Å²) in [5.74, 6) is 1.21. The number of para-hydroxylation sites is 1. The van der Waals surface area contributed by atoms with Gasteiger partial charge in [0.1, 0.15) is 11.5 Å². The first kappa shape index (κ1) is 15.7. The number of hydrogen-bond donors (Lipinski definition) is 2. The van der Waals surface area contributed by atoms with Gasteiger partial charge in [0.15, 0.2) is 0 Å². The van der Waals surface area contributed by atoms with E-state index in [1.54, 1.807) is 31.6 Å². The fourth-order valence-electron chi connectivity index (χ4n) is 2.30. The van der Waals surface area contributed by atoms with Crippen LogP contribution >= 0.6 is 0 Å². The monoisotopic (exact) mass is 322 g/mol. The molecule has 122 valence electrons. The summed E-state index contributed by atoms with van der Waals surface area (Å²) in [6.07, 6.45) is 1.65. The van der Waals surface area contributed by atoms with E-state index < -0.39 is 0 Å². The van der Waals surface area contributed by atoms with Gasteiger partial charge in [-0.25, -0.2) is 0 Å². The zero-order valence-electron chi connectivity index (χ0n) is 13.3. The smallest absolute Gasteiger partial charge is 0.259 e. The highest BCUT2D eigenvalue weighted by atomic mass is 16.5. The standard InChI is InChI=1S/C19H18N2O3/c1-23-18-7-3-2-6-17(18)19(22)21-15-10-8-14(9-11-15)20-13-16-5-4-12-24-16/h2-12,20H,13H2,1H3,(H,21,22). The van der Waals surface area contributed by atoms with E-state index in [0.717, 1.165) is 17.1 Å². The van der Waals surface area contributed by atoms with Crippen molar-refractivity contribution in [1.29, 1.82) is 0 Å². The maximum Gasteiger partial charge on any atom is 0.259 e. The molecule has 5 heteroatoms. The molecule has 1 amide bonds. The number of anilines is 2. The molecular formula is C19H18N2O3. The molecule has 0 aliphatic heterocycles. The minimum Gasteiger partial charge on any atom is -0.496 e. The van der Waals surface area contributed by atoms with Crippen molar-refractivity contribution in [2.45, 2.75) is 6.54 Å². The van der Waals surface area contributed by atoms with E-state index in [0.29, 0.717) is 17.9 Å². The van der Waals surface area contributed by atoms with Gasteiger partial charge in [-0.1, -0.05) is 12.1 Å². The quantitative estimate of drug-likeness (QED) is 0.715. The summed E-state index contributed by atoms with van der Waals surface area (Å²) < 4.78 is 10.5. The minimum absolute atomic E-state index is 0.205. The molecule has 3 aromatic rings. The molecule has 0 bridgehead atoms. The Hall–Kier alpha value is -3.21. The van der Waals surface area contributed by atoms with Gasteiger partial charge in [0.2, 0.25) is 0 Å². The average Bonchev–Trinajstić information content (AvgIpc) is 3.14. The number of hydrogen-bond acceptors (Lipinski definition) is 4. The Morgan fingerprint density at radius 3 is 2.46 bits per heavy atom. The molecule has 0 aliphatic carbocycles. The van der Waals surface area contributed by atoms with Crippen molar-refractivity contribution in [1.82, 2.24) is 0 Å². The molecule has 0 saturated carbocycles. The summed E-state index contributed by atoms with van der Waals surface area (Å²) in [6.45, 7) is 0.611. The van der Waals surface area contributed by atoms with Gasteiger partial charge in [0, 0.05) is 11.4 Å². The van der Waals surface area contributed by atoms with Gasteiger partial charge >= 0.3 is 0 Å². The van der Waals surface area contributed by atoms with Crippen LogP contribution in [0.2, 0.25) is 0 Å². The van der Waals surface area contributed by atoms with Crippen LogP contribution in [-0.4, -0.2) is 13.0 Å². The number of carbonyl (C=O) groups is 1. The van der Waals surface area contributed by atoms with Crippen LogP contribution in [-0.2, 0) is 6.54 Å². The molecular weight excluding hydrogens is 304 g/mol. The van der Waals surface area contributed by atoms with Gasteiger partial charge < -0.3 is 19.8 Å². The Balaban J connectivity index is 1.62. The van der Waals surface area contributed by atoms with Crippen LogP contribution in [0.5, 0.6) is 5.75 Å². The summed E-state index contributed by atoms with van der Waals surface area (Å²) in [6, 6.07) is 18.4. The van der Waals surface area contributed by atoms with Gasteiger partial charge in [-0.3, -0.25) is 4.79 Å². The number of rotatable bonds is 6. The molecule has 1 aromatic heterocycles. The van der Waals surface area contributed by atoms with Gasteiger partial charge in [0.05, 0.1) is 25.5 Å². The molecule has 2 aromatic carbocycles. The molecule has 0 unspecified atom stereocenters. The lowest BCUT2D eigenvalue weighted by molar-refractivity contribution is 0.102. The van der Waals surface area contributed by atoms with Crippen LogP contribution in [0, 0.1) is 0 Å². The van der Waals surface area contributed by atoms with Crippen LogP contribution in [0.15, 0.2) is 71.3 Å². The van der Waals surface area contributed by atoms with E-state index in [-0.39, 0.29) is 5.91 Å². The van der Waals surface area contributed by atoms with E-state index in [1.807, 2.05) is 42.5 Å². The van der Waals surface area contributed by atoms with E-state index >= 15 is 0 Å². The second-order valence-corrected chi connectivity index (χ2v) is 5.16. The highest BCUT2D eigenvalue weighted by Crippen LogP contribution is 2.20. The van der Waals surface area contributed by atoms with E-state index in [2.05, 4.69) is 10.6 Å². The van der Waals surface area contributed by atoms with Crippen molar-refractivity contribution in [2.75, 3.05) is 17.7 Å². The van der Waals surface area contributed by atoms with Gasteiger partial charge in [-0.15, -0.1) is 0 Å². The molecule has 2 N–H and O–H groups in total. The van der Waals surface area contributed by atoms with Crippen LogP contribution in [0.25, 0.3) is 0 Å². The summed E-state index contributed by atoms with van der Waals surface area (Å²) in [5, 5.41) is 6.12. The third-order valence-electron chi connectivity index (χ3n) is 3.54. The summed E-state index contributed by atoms with van der Waals surface area (Å²) in [5.41, 5.74) is 2.16. The number of ether oxygens (including phenoxy) is 1. The highest BCUT2D eigenvalue weighted by molar-refractivity contribution is 6.06. The van der Waals surface area contributed by atoms with E-state index in [9.17, 15) is 4.79 Å². The molecule has 0 aliphatic rings. The zero-order chi connectivity index (χ0) is 16.8. The molecule has 0 saturated heterocycles. The maximum atomic E-state index is 12.3. The molecule has 0 spiro atoms. The molecule has 1 heterocycles. The molecule has 3 rings (SSSR count). The Morgan fingerprint density at radius 2 is 1.75 bits per heavy atom. The van der Waals surface area contributed by atoms with Crippen LogP contribution < -0.4 is 15.4 Å². The Bertz CT molecular complexity index is 796. The van der Waals surface area contributed by atoms with Crippen molar-refractivity contribution in [2.24, 2.45) is 0 Å². The van der Waals surface area contributed by atoms with Crippen LogP contribution in [0.3, 0.4) is 0 Å². The lowest BCUT2D eigenvalue weighted by Gasteiger charge is -2.10. The second kappa shape index (κ2) is 7.37. The minimum atomic E-state index is -0.205. The SMILES string of the molecule is COc1ccccc1C(=O)Nc1ccc(NCc2ccco2)cc1. The molecule has 0 fully saturated rings. The fraction of sp³-hybridized carbons (Fsp3) is 0.105. The number of carbonyl (C=O) groups excluding carboxylic acids is 1. The first-order valence-electron chi connectivity index (χ1n) is 7.57. The average molecular weight is 322 g/mol. The predicted molar refractivity (Wildman–Crippen MR) is 93.4 cm³/mol. The number of methoxy groups -OCH3 is 1. The normalized spacial score (nSPS) is 10.2. The summed E-state index contributed by atoms with van der Waals surface area (Å²) >= 11 is 0. The van der Waals surface area contributed by atoms with Crippen LogP contribution in [0.4, 0.5) is 11.4 Å². The predicted octanol–water partition coefficient (Wildman–Crippen LogP) is 4.15. The van der Waals surface area contributed by atoms with E-state index in [4.69, 9.17) is 9.15 Å². The maximum absolute atomic E-state index is 12.3.